The zero-order chi connectivity index (χ0) is 18.2. The maximum atomic E-state index is 4.48. The molecule has 0 aliphatic rings. The molecule has 0 saturated heterocycles. The molecule has 3 aromatic rings. The number of nitrogens with zero attached hydrogens (tertiary/aromatic N) is 5. The molecule has 0 fully saturated rings. The van der Waals surface area contributed by atoms with Gasteiger partial charge in [-0.15, -0.1) is 24.0 Å². The second-order valence-electron chi connectivity index (χ2n) is 6.01. The maximum absolute atomic E-state index is 4.48. The minimum Gasteiger partial charge on any atom is -0.356 e. The fraction of sp³-hybridized carbons (Fsp3) is 0.316. The second-order valence-corrected chi connectivity index (χ2v) is 6.01. The Kier molecular flexibility index (Phi) is 8.31. The Morgan fingerprint density at radius 2 is 1.93 bits per heavy atom. The van der Waals surface area contributed by atoms with Gasteiger partial charge in [0, 0.05) is 52.2 Å². The maximum Gasteiger partial charge on any atom is 0.191 e. The summed E-state index contributed by atoms with van der Waals surface area (Å²) in [5, 5.41) is 10.8. The third-order valence-corrected chi connectivity index (χ3v) is 4.22. The molecule has 144 valence electrons. The lowest BCUT2D eigenvalue weighted by atomic mass is 10.2. The van der Waals surface area contributed by atoms with Crippen molar-refractivity contribution in [1.82, 2.24) is 30.0 Å². The molecular weight excluding hydrogens is 453 g/mol. The van der Waals surface area contributed by atoms with Crippen LogP contribution in [0.1, 0.15) is 17.1 Å². The number of nitrogens with one attached hydrogen (secondary N) is 2. The lowest BCUT2D eigenvalue weighted by Crippen LogP contribution is -2.38. The predicted molar refractivity (Wildman–Crippen MR) is 118 cm³/mol. The Balaban J connectivity index is 0.00000261. The van der Waals surface area contributed by atoms with Gasteiger partial charge in [0.2, 0.25) is 0 Å². The van der Waals surface area contributed by atoms with Crippen LogP contribution in [-0.2, 0) is 26.6 Å². The summed E-state index contributed by atoms with van der Waals surface area (Å²) in [6, 6.07) is 12.4. The van der Waals surface area contributed by atoms with E-state index in [-0.39, 0.29) is 24.0 Å². The molecular formula is C19H26IN7. The quantitative estimate of drug-likeness (QED) is 0.310. The van der Waals surface area contributed by atoms with E-state index in [1.165, 1.54) is 5.56 Å². The van der Waals surface area contributed by atoms with Gasteiger partial charge in [0.15, 0.2) is 5.96 Å². The van der Waals surface area contributed by atoms with Crippen LogP contribution in [0.5, 0.6) is 0 Å². The van der Waals surface area contributed by atoms with Gasteiger partial charge >= 0.3 is 0 Å². The Morgan fingerprint density at radius 3 is 2.63 bits per heavy atom. The van der Waals surface area contributed by atoms with Crippen molar-refractivity contribution in [3.05, 3.63) is 72.1 Å². The SMILES string of the molecule is CN=C(NCCc1nccn1Cc1ccccc1)NCc1ccnn1C.I. The number of benzene rings is 1. The van der Waals surface area contributed by atoms with Crippen LogP contribution in [0.3, 0.4) is 0 Å². The van der Waals surface area contributed by atoms with E-state index < -0.39 is 0 Å². The molecule has 2 heterocycles. The van der Waals surface area contributed by atoms with E-state index in [0.29, 0.717) is 6.54 Å². The number of aryl methyl sites for hydroxylation is 1. The summed E-state index contributed by atoms with van der Waals surface area (Å²) < 4.78 is 4.03. The van der Waals surface area contributed by atoms with Crippen molar-refractivity contribution in [2.24, 2.45) is 12.0 Å². The van der Waals surface area contributed by atoms with Crippen LogP contribution >= 0.6 is 24.0 Å². The summed E-state index contributed by atoms with van der Waals surface area (Å²) in [5.74, 6) is 1.83. The van der Waals surface area contributed by atoms with Gasteiger partial charge in [0.25, 0.3) is 0 Å². The van der Waals surface area contributed by atoms with Crippen LogP contribution in [0.2, 0.25) is 0 Å². The van der Waals surface area contributed by atoms with Gasteiger partial charge < -0.3 is 15.2 Å². The van der Waals surface area contributed by atoms with Crippen molar-refractivity contribution < 1.29 is 0 Å². The molecule has 7 nitrogen and oxygen atoms in total. The van der Waals surface area contributed by atoms with Gasteiger partial charge in [0.05, 0.1) is 12.2 Å². The van der Waals surface area contributed by atoms with E-state index >= 15 is 0 Å². The summed E-state index contributed by atoms with van der Waals surface area (Å²) in [5.41, 5.74) is 2.37. The van der Waals surface area contributed by atoms with Crippen molar-refractivity contribution >= 4 is 29.9 Å². The molecule has 0 radical (unpaired) electrons. The highest BCUT2D eigenvalue weighted by Crippen LogP contribution is 2.05. The van der Waals surface area contributed by atoms with Gasteiger partial charge in [-0.1, -0.05) is 30.3 Å². The molecule has 3 rings (SSSR count). The summed E-state index contributed by atoms with van der Waals surface area (Å²) in [6.45, 7) is 2.28. The van der Waals surface area contributed by atoms with Crippen LogP contribution in [0.4, 0.5) is 0 Å². The molecule has 8 heteroatoms. The number of halogens is 1. The lowest BCUT2D eigenvalue weighted by Gasteiger charge is -2.13. The topological polar surface area (TPSA) is 72.1 Å². The van der Waals surface area contributed by atoms with E-state index in [2.05, 4.69) is 54.5 Å². The number of aliphatic imine (C=N–C) groups is 1. The fourth-order valence-electron chi connectivity index (χ4n) is 2.75. The average molecular weight is 479 g/mol. The van der Waals surface area contributed by atoms with Crippen molar-refractivity contribution in [2.75, 3.05) is 13.6 Å². The van der Waals surface area contributed by atoms with Crippen LogP contribution in [0.15, 0.2) is 60.0 Å². The van der Waals surface area contributed by atoms with Gasteiger partial charge in [0.1, 0.15) is 5.82 Å². The predicted octanol–water partition coefficient (Wildman–Crippen LogP) is 2.19. The first-order valence-corrected chi connectivity index (χ1v) is 8.71. The van der Waals surface area contributed by atoms with Crippen LogP contribution < -0.4 is 10.6 Å². The molecule has 0 bridgehead atoms. The zero-order valence-corrected chi connectivity index (χ0v) is 18.0. The van der Waals surface area contributed by atoms with Crippen LogP contribution in [-0.4, -0.2) is 38.9 Å². The minimum absolute atomic E-state index is 0. The summed E-state index contributed by atoms with van der Waals surface area (Å²) in [4.78, 5) is 8.75. The van der Waals surface area contributed by atoms with Gasteiger partial charge in [-0.05, 0) is 11.6 Å². The van der Waals surface area contributed by atoms with Crippen molar-refractivity contribution in [3.8, 4) is 0 Å². The number of rotatable bonds is 7. The molecule has 0 amide bonds. The summed E-state index contributed by atoms with van der Waals surface area (Å²) in [6.07, 6.45) is 6.50. The Morgan fingerprint density at radius 1 is 1.11 bits per heavy atom. The number of hydrogen-bond acceptors (Lipinski definition) is 3. The molecule has 27 heavy (non-hydrogen) atoms. The van der Waals surface area contributed by atoms with Crippen LogP contribution in [0, 0.1) is 0 Å². The average Bonchev–Trinajstić information content (AvgIpc) is 3.28. The first-order chi connectivity index (χ1) is 12.8. The van der Waals surface area contributed by atoms with Gasteiger partial charge in [-0.2, -0.15) is 5.10 Å². The minimum atomic E-state index is 0. The molecule has 0 unspecified atom stereocenters. The molecule has 0 atom stereocenters. The van der Waals surface area contributed by atoms with Crippen LogP contribution in [0.25, 0.3) is 0 Å². The summed E-state index contributed by atoms with van der Waals surface area (Å²) in [7, 11) is 3.70. The second kappa shape index (κ2) is 10.7. The van der Waals surface area contributed by atoms with E-state index in [9.17, 15) is 0 Å². The highest BCUT2D eigenvalue weighted by molar-refractivity contribution is 14.0. The lowest BCUT2D eigenvalue weighted by molar-refractivity contribution is 0.674. The number of guanidine groups is 1. The van der Waals surface area contributed by atoms with Crippen molar-refractivity contribution in [1.29, 1.82) is 0 Å². The fourth-order valence-corrected chi connectivity index (χ4v) is 2.75. The summed E-state index contributed by atoms with van der Waals surface area (Å²) >= 11 is 0. The molecule has 1 aromatic carbocycles. The Bertz CT molecular complexity index is 839. The van der Waals surface area contributed by atoms with Crippen molar-refractivity contribution in [2.45, 2.75) is 19.5 Å². The Hall–Kier alpha value is -2.36. The normalized spacial score (nSPS) is 11.1. The molecule has 0 aliphatic carbocycles. The smallest absolute Gasteiger partial charge is 0.191 e. The Labute approximate surface area is 176 Å². The first kappa shape index (κ1) is 20.9. The van der Waals surface area contributed by atoms with Crippen molar-refractivity contribution in [3.63, 3.8) is 0 Å². The monoisotopic (exact) mass is 479 g/mol. The molecule has 0 spiro atoms. The van der Waals surface area contributed by atoms with E-state index in [0.717, 1.165) is 37.0 Å². The van der Waals surface area contributed by atoms with E-state index in [4.69, 9.17) is 0 Å². The standard InChI is InChI=1S/C19H25N7.HI/c1-20-19(23-14-17-8-11-24-25(17)2)22-10-9-18-21-12-13-26(18)15-16-6-4-3-5-7-16;/h3-8,11-13H,9-10,14-15H2,1-2H3,(H2,20,22,23);1H. The molecule has 2 aromatic heterocycles. The number of hydrogen-bond donors (Lipinski definition) is 2. The molecule has 0 saturated carbocycles. The highest BCUT2D eigenvalue weighted by Gasteiger charge is 2.05. The molecule has 0 aliphatic heterocycles. The van der Waals surface area contributed by atoms with Gasteiger partial charge in [-0.25, -0.2) is 4.98 Å². The molecule has 2 N–H and O–H groups in total. The largest absolute Gasteiger partial charge is 0.356 e. The number of imidazole rings is 1. The third-order valence-electron chi connectivity index (χ3n) is 4.22. The number of aromatic nitrogens is 4. The zero-order valence-electron chi connectivity index (χ0n) is 15.7. The highest BCUT2D eigenvalue weighted by atomic mass is 127. The first-order valence-electron chi connectivity index (χ1n) is 8.71. The van der Waals surface area contributed by atoms with E-state index in [1.54, 1.807) is 13.2 Å². The third kappa shape index (κ3) is 6.09. The van der Waals surface area contributed by atoms with Gasteiger partial charge in [-0.3, -0.25) is 9.67 Å². The van der Waals surface area contributed by atoms with E-state index in [1.807, 2.05) is 36.3 Å².